The van der Waals surface area contributed by atoms with Crippen LogP contribution in [-0.2, 0) is 13.1 Å². The zero-order chi connectivity index (χ0) is 13.8. The van der Waals surface area contributed by atoms with Gasteiger partial charge in [0.2, 0.25) is 0 Å². The van der Waals surface area contributed by atoms with E-state index in [1.165, 1.54) is 16.7 Å². The number of benzene rings is 1. The van der Waals surface area contributed by atoms with Crippen molar-refractivity contribution >= 4 is 0 Å². The second-order valence-corrected chi connectivity index (χ2v) is 5.41. The van der Waals surface area contributed by atoms with Crippen molar-refractivity contribution in [1.82, 2.24) is 15.6 Å². The van der Waals surface area contributed by atoms with Gasteiger partial charge in [-0.05, 0) is 42.6 Å². The van der Waals surface area contributed by atoms with Crippen LogP contribution in [0.25, 0.3) is 0 Å². The van der Waals surface area contributed by atoms with E-state index in [0.717, 1.165) is 31.7 Å². The Kier molecular flexibility index (Phi) is 4.09. The van der Waals surface area contributed by atoms with Crippen molar-refractivity contribution in [2.24, 2.45) is 0 Å². The molecular weight excluding hydrogens is 246 g/mol. The van der Waals surface area contributed by atoms with E-state index in [2.05, 4.69) is 52.0 Å². The number of aryl methyl sites for hydroxylation is 1. The minimum atomic E-state index is 0.419. The summed E-state index contributed by atoms with van der Waals surface area (Å²) in [6.07, 6.45) is 3.08. The van der Waals surface area contributed by atoms with Crippen molar-refractivity contribution in [3.8, 4) is 0 Å². The molecule has 0 radical (unpaired) electrons. The summed E-state index contributed by atoms with van der Waals surface area (Å²) in [4.78, 5) is 4.35. The lowest BCUT2D eigenvalue weighted by atomic mass is 9.99. The van der Waals surface area contributed by atoms with Crippen LogP contribution in [0.3, 0.4) is 0 Å². The lowest BCUT2D eigenvalue weighted by Crippen LogP contribution is -2.22. The molecule has 3 nitrogen and oxygen atoms in total. The standard InChI is InChI=1S/C17H21N3/c1-13-6-7-14(10-19-13)11-20-17-8-9-18-12-15-4-2-3-5-16(15)17/h2-7,10,17-18,20H,8-9,11-12H2,1H3. The Morgan fingerprint density at radius 1 is 1.25 bits per heavy atom. The largest absolute Gasteiger partial charge is 0.313 e. The maximum absolute atomic E-state index is 4.35. The summed E-state index contributed by atoms with van der Waals surface area (Å²) in [6.45, 7) is 4.91. The summed E-state index contributed by atoms with van der Waals surface area (Å²) in [5.41, 5.74) is 5.14. The van der Waals surface area contributed by atoms with Gasteiger partial charge >= 0.3 is 0 Å². The van der Waals surface area contributed by atoms with Crippen molar-refractivity contribution in [3.63, 3.8) is 0 Å². The number of aromatic nitrogens is 1. The smallest absolute Gasteiger partial charge is 0.0372 e. The summed E-state index contributed by atoms with van der Waals surface area (Å²) >= 11 is 0. The molecule has 1 aliphatic rings. The van der Waals surface area contributed by atoms with Crippen LogP contribution in [-0.4, -0.2) is 11.5 Å². The average molecular weight is 267 g/mol. The molecule has 0 fully saturated rings. The van der Waals surface area contributed by atoms with Gasteiger partial charge in [-0.3, -0.25) is 4.98 Å². The molecule has 0 bridgehead atoms. The third-order valence-corrected chi connectivity index (χ3v) is 3.88. The molecule has 0 spiro atoms. The van der Waals surface area contributed by atoms with E-state index in [-0.39, 0.29) is 0 Å². The first kappa shape index (κ1) is 13.3. The van der Waals surface area contributed by atoms with Gasteiger partial charge in [0.25, 0.3) is 0 Å². The van der Waals surface area contributed by atoms with Crippen molar-refractivity contribution in [2.75, 3.05) is 6.54 Å². The highest BCUT2D eigenvalue weighted by Gasteiger charge is 2.17. The molecule has 2 N–H and O–H groups in total. The minimum absolute atomic E-state index is 0.419. The molecule has 2 heterocycles. The van der Waals surface area contributed by atoms with Gasteiger partial charge in [0, 0.05) is 31.0 Å². The van der Waals surface area contributed by atoms with E-state index in [0.29, 0.717) is 6.04 Å². The van der Waals surface area contributed by atoms with Crippen LogP contribution in [0.4, 0.5) is 0 Å². The van der Waals surface area contributed by atoms with Gasteiger partial charge in [0.1, 0.15) is 0 Å². The summed E-state index contributed by atoms with van der Waals surface area (Å²) in [5, 5.41) is 7.16. The fourth-order valence-electron chi connectivity index (χ4n) is 2.72. The van der Waals surface area contributed by atoms with Gasteiger partial charge in [-0.25, -0.2) is 0 Å². The monoisotopic (exact) mass is 267 g/mol. The number of nitrogens with zero attached hydrogens (tertiary/aromatic N) is 1. The first-order chi connectivity index (χ1) is 9.83. The molecule has 1 aromatic heterocycles. The van der Waals surface area contributed by atoms with Crippen molar-refractivity contribution < 1.29 is 0 Å². The first-order valence-electron chi connectivity index (χ1n) is 7.26. The predicted octanol–water partition coefficient (Wildman–Crippen LogP) is 2.71. The molecule has 3 heteroatoms. The Labute approximate surface area is 120 Å². The fraction of sp³-hybridized carbons (Fsp3) is 0.353. The number of nitrogens with one attached hydrogen (secondary N) is 2. The summed E-state index contributed by atoms with van der Waals surface area (Å²) in [6, 6.07) is 13.3. The van der Waals surface area contributed by atoms with E-state index < -0.39 is 0 Å². The molecule has 3 rings (SSSR count). The Hall–Kier alpha value is -1.71. The molecule has 2 aromatic rings. The summed E-state index contributed by atoms with van der Waals surface area (Å²) in [7, 11) is 0. The molecule has 1 unspecified atom stereocenters. The van der Waals surface area contributed by atoms with Crippen molar-refractivity contribution in [1.29, 1.82) is 0 Å². The quantitative estimate of drug-likeness (QED) is 0.898. The number of hydrogen-bond acceptors (Lipinski definition) is 3. The Morgan fingerprint density at radius 2 is 2.15 bits per heavy atom. The van der Waals surface area contributed by atoms with E-state index in [1.54, 1.807) is 0 Å². The van der Waals surface area contributed by atoms with Gasteiger partial charge in [0.15, 0.2) is 0 Å². The number of hydrogen-bond donors (Lipinski definition) is 2. The van der Waals surface area contributed by atoms with Gasteiger partial charge in [-0.1, -0.05) is 30.3 Å². The van der Waals surface area contributed by atoms with E-state index in [9.17, 15) is 0 Å². The highest BCUT2D eigenvalue weighted by atomic mass is 14.9. The van der Waals surface area contributed by atoms with Crippen LogP contribution in [0.5, 0.6) is 0 Å². The first-order valence-corrected chi connectivity index (χ1v) is 7.26. The van der Waals surface area contributed by atoms with E-state index in [4.69, 9.17) is 0 Å². The summed E-state index contributed by atoms with van der Waals surface area (Å²) < 4.78 is 0. The SMILES string of the molecule is Cc1ccc(CNC2CCNCc3ccccc32)cn1. The molecule has 104 valence electrons. The molecule has 20 heavy (non-hydrogen) atoms. The Bertz CT molecular complexity index is 563. The van der Waals surface area contributed by atoms with Crippen LogP contribution in [0.1, 0.15) is 34.8 Å². The Balaban J connectivity index is 1.72. The van der Waals surface area contributed by atoms with Crippen LogP contribution in [0.2, 0.25) is 0 Å². The van der Waals surface area contributed by atoms with Crippen LogP contribution in [0, 0.1) is 6.92 Å². The van der Waals surface area contributed by atoms with Crippen LogP contribution >= 0.6 is 0 Å². The van der Waals surface area contributed by atoms with Gasteiger partial charge < -0.3 is 10.6 Å². The highest BCUT2D eigenvalue weighted by Crippen LogP contribution is 2.23. The number of fused-ring (bicyclic) bond motifs is 1. The second kappa shape index (κ2) is 6.16. The molecule has 0 aliphatic carbocycles. The van der Waals surface area contributed by atoms with Gasteiger partial charge in [-0.15, -0.1) is 0 Å². The highest BCUT2D eigenvalue weighted by molar-refractivity contribution is 5.31. The van der Waals surface area contributed by atoms with Gasteiger partial charge in [-0.2, -0.15) is 0 Å². The molecule has 0 saturated carbocycles. The molecule has 0 saturated heterocycles. The predicted molar refractivity (Wildman–Crippen MR) is 81.3 cm³/mol. The van der Waals surface area contributed by atoms with Crippen molar-refractivity contribution in [3.05, 3.63) is 65.0 Å². The lowest BCUT2D eigenvalue weighted by Gasteiger charge is -2.19. The number of rotatable bonds is 3. The topological polar surface area (TPSA) is 37.0 Å². The fourth-order valence-corrected chi connectivity index (χ4v) is 2.72. The van der Waals surface area contributed by atoms with E-state index in [1.807, 2.05) is 13.1 Å². The summed E-state index contributed by atoms with van der Waals surface area (Å²) in [5.74, 6) is 0. The molecule has 1 aromatic carbocycles. The molecule has 1 atom stereocenters. The van der Waals surface area contributed by atoms with Gasteiger partial charge in [0.05, 0.1) is 0 Å². The third-order valence-electron chi connectivity index (χ3n) is 3.88. The zero-order valence-electron chi connectivity index (χ0n) is 11.9. The molecular formula is C17H21N3. The van der Waals surface area contributed by atoms with E-state index >= 15 is 0 Å². The van der Waals surface area contributed by atoms with Crippen molar-refractivity contribution in [2.45, 2.75) is 32.5 Å². The second-order valence-electron chi connectivity index (χ2n) is 5.41. The maximum atomic E-state index is 4.35. The minimum Gasteiger partial charge on any atom is -0.313 e. The Morgan fingerprint density at radius 3 is 3.00 bits per heavy atom. The molecule has 1 aliphatic heterocycles. The average Bonchev–Trinajstić information content (AvgIpc) is 2.69. The normalized spacial score (nSPS) is 18.4. The number of pyridine rings is 1. The third kappa shape index (κ3) is 3.06. The molecule has 0 amide bonds. The van der Waals surface area contributed by atoms with Crippen LogP contribution < -0.4 is 10.6 Å². The lowest BCUT2D eigenvalue weighted by molar-refractivity contribution is 0.495. The zero-order valence-corrected chi connectivity index (χ0v) is 11.9. The van der Waals surface area contributed by atoms with Crippen LogP contribution in [0.15, 0.2) is 42.6 Å². The maximum Gasteiger partial charge on any atom is 0.0372 e.